The van der Waals surface area contributed by atoms with E-state index in [1.807, 2.05) is 6.07 Å². The summed E-state index contributed by atoms with van der Waals surface area (Å²) < 4.78 is 0. The van der Waals surface area contributed by atoms with Crippen molar-refractivity contribution in [2.75, 3.05) is 0 Å². The number of hydrogen-bond acceptors (Lipinski definition) is 1. The first-order valence-corrected chi connectivity index (χ1v) is 12.0. The Morgan fingerprint density at radius 1 is 0.818 bits per heavy atom. The van der Waals surface area contributed by atoms with E-state index in [0.29, 0.717) is 0 Å². The number of nitrogens with one attached hydrogen (secondary N) is 1. The summed E-state index contributed by atoms with van der Waals surface area (Å²) in [4.78, 5) is 4.10. The van der Waals surface area contributed by atoms with E-state index in [0.717, 1.165) is 25.7 Å². The SMILES string of the molecule is C=CN=CN/C(CC)=C(/CCC)C(c1ccccc1)c1ccccc1.CCc1ccccc1. The van der Waals surface area contributed by atoms with Crippen molar-refractivity contribution in [2.45, 2.75) is 52.4 Å². The Kier molecular flexibility index (Phi) is 12.1. The van der Waals surface area contributed by atoms with Crippen LogP contribution < -0.4 is 5.32 Å². The highest BCUT2D eigenvalue weighted by molar-refractivity contribution is 5.59. The first-order chi connectivity index (χ1) is 16.2. The van der Waals surface area contributed by atoms with Gasteiger partial charge >= 0.3 is 0 Å². The van der Waals surface area contributed by atoms with Crippen molar-refractivity contribution in [3.8, 4) is 0 Å². The van der Waals surface area contributed by atoms with Gasteiger partial charge in [0.05, 0.1) is 6.34 Å². The van der Waals surface area contributed by atoms with Crippen LogP contribution in [0.2, 0.25) is 0 Å². The van der Waals surface area contributed by atoms with Crippen LogP contribution in [0.25, 0.3) is 0 Å². The van der Waals surface area contributed by atoms with Gasteiger partial charge in [-0.1, -0.05) is 125 Å². The van der Waals surface area contributed by atoms with Gasteiger partial charge in [0, 0.05) is 17.8 Å². The van der Waals surface area contributed by atoms with Crippen molar-refractivity contribution in [1.82, 2.24) is 5.32 Å². The molecule has 0 saturated heterocycles. The third-order valence-electron chi connectivity index (χ3n) is 5.54. The Hall–Kier alpha value is -3.39. The molecule has 0 aliphatic carbocycles. The van der Waals surface area contributed by atoms with Crippen molar-refractivity contribution in [3.05, 3.63) is 132 Å². The van der Waals surface area contributed by atoms with Gasteiger partial charge in [0.25, 0.3) is 0 Å². The van der Waals surface area contributed by atoms with Crippen molar-refractivity contribution in [3.63, 3.8) is 0 Å². The second-order valence-corrected chi connectivity index (χ2v) is 7.81. The standard InChI is InChI=1S/C23H28N2.C8H10/c1-4-13-21(22(5-2)25-18-24-6-3)23(19-14-9-7-10-15-19)20-16-11-8-12-17-20;1-2-8-6-4-3-5-7-8/h6-12,14-18,23H,3-5,13H2,1-2H3,(H,24,25);3-7H,2H2,1H3/b22-21-;. The van der Waals surface area contributed by atoms with Gasteiger partial charge in [-0.15, -0.1) is 0 Å². The highest BCUT2D eigenvalue weighted by Gasteiger charge is 2.21. The maximum atomic E-state index is 4.10. The molecule has 0 aliphatic heterocycles. The zero-order chi connectivity index (χ0) is 23.7. The minimum absolute atomic E-state index is 0.252. The predicted molar refractivity (Wildman–Crippen MR) is 145 cm³/mol. The Balaban J connectivity index is 0.000000405. The molecule has 2 nitrogen and oxygen atoms in total. The zero-order valence-electron chi connectivity index (χ0n) is 20.4. The fraction of sp³-hybridized carbons (Fsp3) is 0.258. The van der Waals surface area contributed by atoms with Gasteiger partial charge in [0.2, 0.25) is 0 Å². The summed E-state index contributed by atoms with van der Waals surface area (Å²) >= 11 is 0. The summed E-state index contributed by atoms with van der Waals surface area (Å²) in [6, 6.07) is 32.0. The van der Waals surface area contributed by atoms with Gasteiger partial charge in [-0.3, -0.25) is 0 Å². The zero-order valence-corrected chi connectivity index (χ0v) is 20.4. The molecule has 0 unspecified atom stereocenters. The molecule has 0 aromatic heterocycles. The number of rotatable bonds is 10. The summed E-state index contributed by atoms with van der Waals surface area (Å²) in [5.41, 5.74) is 6.73. The number of nitrogens with zero attached hydrogens (tertiary/aromatic N) is 1. The first-order valence-electron chi connectivity index (χ1n) is 12.0. The summed E-state index contributed by atoms with van der Waals surface area (Å²) in [5, 5.41) is 3.39. The molecule has 0 radical (unpaired) electrons. The van der Waals surface area contributed by atoms with Crippen molar-refractivity contribution in [2.24, 2.45) is 4.99 Å². The van der Waals surface area contributed by atoms with Gasteiger partial charge in [0.1, 0.15) is 0 Å². The van der Waals surface area contributed by atoms with E-state index in [1.54, 1.807) is 12.5 Å². The average Bonchev–Trinajstić information content (AvgIpc) is 2.89. The number of aliphatic imine (C=N–C) groups is 1. The Morgan fingerprint density at radius 3 is 1.73 bits per heavy atom. The fourth-order valence-electron chi connectivity index (χ4n) is 3.93. The van der Waals surface area contributed by atoms with Gasteiger partial charge in [0.15, 0.2) is 0 Å². The van der Waals surface area contributed by atoms with Crippen molar-refractivity contribution < 1.29 is 0 Å². The monoisotopic (exact) mass is 438 g/mol. The van der Waals surface area contributed by atoms with E-state index in [2.05, 4.69) is 123 Å². The Labute approximate surface area is 200 Å². The molecule has 33 heavy (non-hydrogen) atoms. The molecule has 3 rings (SSSR count). The smallest absolute Gasteiger partial charge is 0.0920 e. The lowest BCUT2D eigenvalue weighted by Gasteiger charge is -2.25. The van der Waals surface area contributed by atoms with Crippen LogP contribution in [-0.4, -0.2) is 6.34 Å². The predicted octanol–water partition coefficient (Wildman–Crippen LogP) is 8.29. The van der Waals surface area contributed by atoms with Crippen LogP contribution in [-0.2, 0) is 6.42 Å². The molecule has 1 N–H and O–H groups in total. The molecular weight excluding hydrogens is 400 g/mol. The summed E-state index contributed by atoms with van der Waals surface area (Å²) in [6.45, 7) is 10.2. The molecule has 0 spiro atoms. The average molecular weight is 439 g/mol. The maximum absolute atomic E-state index is 4.10. The molecule has 172 valence electrons. The van der Waals surface area contributed by atoms with Crippen LogP contribution >= 0.6 is 0 Å². The summed E-state index contributed by atoms with van der Waals surface area (Å²) in [7, 11) is 0. The normalized spacial score (nSPS) is 11.5. The molecule has 3 aromatic carbocycles. The van der Waals surface area contributed by atoms with Crippen LogP contribution in [0.3, 0.4) is 0 Å². The minimum atomic E-state index is 0.252. The molecule has 3 aromatic rings. The van der Waals surface area contributed by atoms with Gasteiger partial charge < -0.3 is 5.32 Å². The van der Waals surface area contributed by atoms with Crippen LogP contribution in [0, 0.1) is 0 Å². The number of aryl methyl sites for hydroxylation is 1. The lowest BCUT2D eigenvalue weighted by molar-refractivity contribution is 0.765. The molecule has 0 aliphatic rings. The molecule has 0 atom stereocenters. The van der Waals surface area contributed by atoms with E-state index < -0.39 is 0 Å². The number of allylic oxidation sites excluding steroid dienone is 2. The highest BCUT2D eigenvalue weighted by atomic mass is 14.9. The fourth-order valence-corrected chi connectivity index (χ4v) is 3.93. The summed E-state index contributed by atoms with van der Waals surface area (Å²) in [6.07, 6.45) is 7.51. The van der Waals surface area contributed by atoms with Crippen LogP contribution in [0.4, 0.5) is 0 Å². The van der Waals surface area contributed by atoms with Crippen molar-refractivity contribution in [1.29, 1.82) is 0 Å². The lowest BCUT2D eigenvalue weighted by Crippen LogP contribution is -2.17. The van der Waals surface area contributed by atoms with Gasteiger partial charge in [-0.05, 0) is 41.5 Å². The third kappa shape index (κ3) is 8.57. The van der Waals surface area contributed by atoms with E-state index in [1.165, 1.54) is 28.0 Å². The molecule has 0 heterocycles. The van der Waals surface area contributed by atoms with Gasteiger partial charge in [-0.2, -0.15) is 0 Å². The van der Waals surface area contributed by atoms with E-state index >= 15 is 0 Å². The van der Waals surface area contributed by atoms with E-state index in [4.69, 9.17) is 0 Å². The number of benzene rings is 3. The van der Waals surface area contributed by atoms with Crippen LogP contribution in [0.1, 0.15) is 62.6 Å². The molecule has 0 amide bonds. The maximum Gasteiger partial charge on any atom is 0.0920 e. The molecular formula is C31H38N2. The number of hydrogen-bond donors (Lipinski definition) is 1. The van der Waals surface area contributed by atoms with E-state index in [9.17, 15) is 0 Å². The van der Waals surface area contributed by atoms with Crippen LogP contribution in [0.5, 0.6) is 0 Å². The quantitative estimate of drug-likeness (QED) is 0.250. The third-order valence-corrected chi connectivity index (χ3v) is 5.54. The van der Waals surface area contributed by atoms with Crippen LogP contribution in [0.15, 0.2) is 120 Å². The molecule has 0 fully saturated rings. The van der Waals surface area contributed by atoms with E-state index in [-0.39, 0.29) is 5.92 Å². The lowest BCUT2D eigenvalue weighted by atomic mass is 9.81. The first kappa shape index (κ1) is 25.9. The van der Waals surface area contributed by atoms with Gasteiger partial charge in [-0.25, -0.2) is 4.99 Å². The largest absolute Gasteiger partial charge is 0.350 e. The second-order valence-electron chi connectivity index (χ2n) is 7.81. The Morgan fingerprint density at radius 2 is 1.33 bits per heavy atom. The topological polar surface area (TPSA) is 24.4 Å². The molecule has 2 heteroatoms. The summed E-state index contributed by atoms with van der Waals surface area (Å²) in [5.74, 6) is 0.252. The molecule has 0 bridgehead atoms. The Bertz CT molecular complexity index is 934. The second kappa shape index (κ2) is 15.4. The minimum Gasteiger partial charge on any atom is -0.350 e. The molecule has 0 saturated carbocycles. The van der Waals surface area contributed by atoms with Crippen molar-refractivity contribution >= 4 is 6.34 Å². The highest BCUT2D eigenvalue weighted by Crippen LogP contribution is 2.36.